The molecule has 0 aromatic rings. The van der Waals surface area contributed by atoms with Gasteiger partial charge in [0.25, 0.3) is 0 Å². The van der Waals surface area contributed by atoms with E-state index in [1.807, 2.05) is 20.8 Å². The van der Waals surface area contributed by atoms with E-state index in [-0.39, 0.29) is 12.6 Å². The lowest BCUT2D eigenvalue weighted by atomic mass is 10.2. The van der Waals surface area contributed by atoms with E-state index in [0.717, 1.165) is 0 Å². The van der Waals surface area contributed by atoms with Crippen molar-refractivity contribution < 1.29 is 23.4 Å². The van der Waals surface area contributed by atoms with Gasteiger partial charge < -0.3 is 18.6 Å². The normalized spacial score (nSPS) is 12.5. The Morgan fingerprint density at radius 1 is 0.947 bits per heavy atom. The number of carbonyl (C=O) groups is 1. The molecular weight excluding hydrogens is 264 g/mol. The Bertz CT molecular complexity index is 255. The summed E-state index contributed by atoms with van der Waals surface area (Å²) in [5.74, 6) is -0.352. The Hall–Kier alpha value is -0.433. The molecule has 114 valence electrons. The van der Waals surface area contributed by atoms with Crippen LogP contribution in [-0.4, -0.2) is 52.9 Å². The number of ether oxygens (including phenoxy) is 3. The van der Waals surface area contributed by atoms with E-state index >= 15 is 0 Å². The highest BCUT2D eigenvalue weighted by Gasteiger charge is 2.16. The Balaban J connectivity index is 3.35. The van der Waals surface area contributed by atoms with Crippen LogP contribution in [0.3, 0.4) is 0 Å². The second-order valence-corrected chi connectivity index (χ2v) is 10.7. The van der Waals surface area contributed by atoms with E-state index in [0.29, 0.717) is 26.4 Å². The van der Waals surface area contributed by atoms with Crippen molar-refractivity contribution in [2.45, 2.75) is 46.0 Å². The Morgan fingerprint density at radius 3 is 2.00 bits per heavy atom. The standard InChI is InChI=1S/C13H28O5Si/c1-13(2,3)18-12(14)11-16-8-7-15-9-10-17-19(4,5)6/h7-11H2,1-6H3. The summed E-state index contributed by atoms with van der Waals surface area (Å²) >= 11 is 0. The van der Waals surface area contributed by atoms with Gasteiger partial charge in [0.05, 0.1) is 26.4 Å². The molecule has 0 N–H and O–H groups in total. The number of esters is 1. The minimum Gasteiger partial charge on any atom is -0.458 e. The first-order valence-electron chi connectivity index (χ1n) is 6.61. The molecule has 0 saturated heterocycles. The van der Waals surface area contributed by atoms with Gasteiger partial charge in [-0.05, 0) is 40.4 Å². The fourth-order valence-corrected chi connectivity index (χ4v) is 1.85. The first-order chi connectivity index (χ1) is 8.60. The first kappa shape index (κ1) is 18.6. The lowest BCUT2D eigenvalue weighted by Gasteiger charge is -2.19. The van der Waals surface area contributed by atoms with Gasteiger partial charge in [-0.25, -0.2) is 4.79 Å². The van der Waals surface area contributed by atoms with Gasteiger partial charge >= 0.3 is 5.97 Å². The van der Waals surface area contributed by atoms with E-state index in [1.54, 1.807) is 0 Å². The van der Waals surface area contributed by atoms with Crippen molar-refractivity contribution >= 4 is 14.3 Å². The van der Waals surface area contributed by atoms with Crippen LogP contribution in [0.15, 0.2) is 0 Å². The Morgan fingerprint density at radius 2 is 1.47 bits per heavy atom. The fraction of sp³-hybridized carbons (Fsp3) is 0.923. The van der Waals surface area contributed by atoms with E-state index in [2.05, 4.69) is 19.6 Å². The van der Waals surface area contributed by atoms with Crippen LogP contribution in [-0.2, 0) is 23.4 Å². The van der Waals surface area contributed by atoms with Crippen molar-refractivity contribution in [3.63, 3.8) is 0 Å². The second kappa shape index (κ2) is 8.68. The lowest BCUT2D eigenvalue weighted by Crippen LogP contribution is -2.28. The summed E-state index contributed by atoms with van der Waals surface area (Å²) in [6.07, 6.45) is 0. The maximum absolute atomic E-state index is 11.3. The quantitative estimate of drug-likeness (QED) is 0.370. The summed E-state index contributed by atoms with van der Waals surface area (Å²) in [5, 5.41) is 0. The molecule has 0 radical (unpaired) electrons. The van der Waals surface area contributed by atoms with E-state index < -0.39 is 13.9 Å². The maximum atomic E-state index is 11.3. The van der Waals surface area contributed by atoms with Crippen LogP contribution in [0.2, 0.25) is 19.6 Å². The van der Waals surface area contributed by atoms with Crippen molar-refractivity contribution in [3.8, 4) is 0 Å². The molecule has 0 aliphatic carbocycles. The molecule has 0 atom stereocenters. The third-order valence-electron chi connectivity index (χ3n) is 1.77. The van der Waals surface area contributed by atoms with Gasteiger partial charge in [0, 0.05) is 0 Å². The summed E-state index contributed by atoms with van der Waals surface area (Å²) in [5.41, 5.74) is -0.467. The Kier molecular flexibility index (Phi) is 8.48. The molecule has 0 bridgehead atoms. The molecule has 0 aliphatic rings. The van der Waals surface area contributed by atoms with Crippen molar-refractivity contribution in [2.75, 3.05) is 33.0 Å². The van der Waals surface area contributed by atoms with Crippen LogP contribution in [0.4, 0.5) is 0 Å². The topological polar surface area (TPSA) is 54.0 Å². The summed E-state index contributed by atoms with van der Waals surface area (Å²) in [7, 11) is -1.44. The molecule has 0 aliphatic heterocycles. The third-order valence-corrected chi connectivity index (χ3v) is 2.84. The van der Waals surface area contributed by atoms with Crippen molar-refractivity contribution in [3.05, 3.63) is 0 Å². The molecule has 6 heteroatoms. The van der Waals surface area contributed by atoms with Gasteiger partial charge in [-0.2, -0.15) is 0 Å². The van der Waals surface area contributed by atoms with Gasteiger partial charge in [-0.15, -0.1) is 0 Å². The van der Waals surface area contributed by atoms with Crippen LogP contribution in [0.1, 0.15) is 20.8 Å². The number of carbonyl (C=O) groups excluding carboxylic acids is 1. The number of hydrogen-bond donors (Lipinski definition) is 0. The highest BCUT2D eigenvalue weighted by Crippen LogP contribution is 2.06. The summed E-state index contributed by atoms with van der Waals surface area (Å²) in [6.45, 7) is 13.9. The van der Waals surface area contributed by atoms with E-state index in [1.165, 1.54) is 0 Å². The minimum atomic E-state index is -1.44. The number of hydrogen-bond acceptors (Lipinski definition) is 5. The number of rotatable bonds is 9. The molecule has 0 saturated carbocycles. The van der Waals surface area contributed by atoms with Gasteiger partial charge in [-0.3, -0.25) is 0 Å². The van der Waals surface area contributed by atoms with Crippen LogP contribution in [0.5, 0.6) is 0 Å². The zero-order chi connectivity index (χ0) is 14.9. The molecule has 5 nitrogen and oxygen atoms in total. The zero-order valence-corrected chi connectivity index (χ0v) is 14.1. The van der Waals surface area contributed by atoms with E-state index in [4.69, 9.17) is 18.6 Å². The smallest absolute Gasteiger partial charge is 0.332 e. The summed E-state index contributed by atoms with van der Waals surface area (Å²) in [6, 6.07) is 0. The van der Waals surface area contributed by atoms with Crippen LogP contribution < -0.4 is 0 Å². The maximum Gasteiger partial charge on any atom is 0.332 e. The molecule has 0 heterocycles. The minimum absolute atomic E-state index is 0.0357. The van der Waals surface area contributed by atoms with Gasteiger partial charge in [0.15, 0.2) is 8.32 Å². The predicted octanol–water partition coefficient (Wildman–Crippen LogP) is 2.21. The van der Waals surface area contributed by atoms with Crippen molar-refractivity contribution in [1.29, 1.82) is 0 Å². The average molecular weight is 292 g/mol. The molecule has 19 heavy (non-hydrogen) atoms. The van der Waals surface area contributed by atoms with E-state index in [9.17, 15) is 4.79 Å². The van der Waals surface area contributed by atoms with Gasteiger partial charge in [0.2, 0.25) is 0 Å². The average Bonchev–Trinajstić information content (AvgIpc) is 2.17. The van der Waals surface area contributed by atoms with Crippen LogP contribution in [0.25, 0.3) is 0 Å². The molecule has 0 fully saturated rings. The summed E-state index contributed by atoms with van der Waals surface area (Å²) < 4.78 is 21.2. The van der Waals surface area contributed by atoms with Crippen LogP contribution >= 0.6 is 0 Å². The van der Waals surface area contributed by atoms with Crippen molar-refractivity contribution in [2.24, 2.45) is 0 Å². The third kappa shape index (κ3) is 15.5. The molecule has 0 aromatic carbocycles. The zero-order valence-electron chi connectivity index (χ0n) is 13.1. The molecule has 0 rings (SSSR count). The molecule has 0 unspecified atom stereocenters. The molecule has 0 aromatic heterocycles. The lowest BCUT2D eigenvalue weighted by molar-refractivity contribution is -0.160. The fourth-order valence-electron chi connectivity index (χ4n) is 1.15. The monoisotopic (exact) mass is 292 g/mol. The first-order valence-corrected chi connectivity index (χ1v) is 10.0. The Labute approximate surface area is 117 Å². The molecule has 0 spiro atoms. The SMILES string of the molecule is CC(C)(C)OC(=O)COCCOCCO[Si](C)(C)C. The molecule has 0 amide bonds. The highest BCUT2D eigenvalue weighted by molar-refractivity contribution is 6.69. The largest absolute Gasteiger partial charge is 0.458 e. The van der Waals surface area contributed by atoms with Crippen molar-refractivity contribution in [1.82, 2.24) is 0 Å². The van der Waals surface area contributed by atoms with Gasteiger partial charge in [0.1, 0.15) is 12.2 Å². The summed E-state index contributed by atoms with van der Waals surface area (Å²) in [4.78, 5) is 11.3. The highest BCUT2D eigenvalue weighted by atomic mass is 28.4. The van der Waals surface area contributed by atoms with Crippen LogP contribution in [0, 0.1) is 0 Å². The molecular formula is C13H28O5Si. The van der Waals surface area contributed by atoms with Gasteiger partial charge in [-0.1, -0.05) is 0 Å². The second-order valence-electron chi connectivity index (χ2n) is 6.21. The predicted molar refractivity (Wildman–Crippen MR) is 76.8 cm³/mol.